The molecule has 0 spiro atoms. The van der Waals surface area contributed by atoms with Crippen molar-refractivity contribution in [3.8, 4) is 11.5 Å². The van der Waals surface area contributed by atoms with Crippen molar-refractivity contribution in [2.24, 2.45) is 5.92 Å². The number of rotatable bonds is 3. The first-order valence-electron chi connectivity index (χ1n) is 12.8. The monoisotopic (exact) mass is 545 g/mol. The average Bonchev–Trinajstić information content (AvgIpc) is 3.19. The number of likely N-dealkylation sites (tertiary alicyclic amines) is 1. The number of fused-ring (bicyclic) bond motifs is 1. The number of piperidine rings is 1. The molecule has 1 aromatic carbocycles. The maximum absolute atomic E-state index is 13.5. The van der Waals surface area contributed by atoms with Gasteiger partial charge in [-0.05, 0) is 72.1 Å². The van der Waals surface area contributed by atoms with Gasteiger partial charge in [0, 0.05) is 49.8 Å². The Kier molecular flexibility index (Phi) is 7.20. The Morgan fingerprint density at radius 2 is 1.74 bits per heavy atom. The normalized spacial score (nSPS) is 19.4. The fourth-order valence-corrected chi connectivity index (χ4v) is 5.43. The molecule has 10 heteroatoms. The number of H-pyrrole nitrogens is 1. The third-order valence-electron chi connectivity index (χ3n) is 7.14. The number of anilines is 1. The van der Waals surface area contributed by atoms with Crippen molar-refractivity contribution in [2.75, 3.05) is 25.0 Å². The number of ether oxygens (including phenoxy) is 3. The second kappa shape index (κ2) is 9.84. The van der Waals surface area contributed by atoms with Gasteiger partial charge in [0.2, 0.25) is 0 Å². The molecule has 2 aliphatic heterocycles. The average molecular weight is 546 g/mol. The molecule has 1 N–H and O–H groups in total. The minimum Gasteiger partial charge on any atom is -0.448 e. The van der Waals surface area contributed by atoms with Crippen LogP contribution >= 0.6 is 11.6 Å². The summed E-state index contributed by atoms with van der Waals surface area (Å²) in [6.45, 7) is 13.8. The number of hydrogen-bond acceptors (Lipinski definition) is 6. The van der Waals surface area contributed by atoms with Crippen LogP contribution in [0.3, 0.4) is 0 Å². The molecule has 2 aromatic rings. The van der Waals surface area contributed by atoms with Crippen LogP contribution in [-0.4, -0.2) is 53.4 Å². The van der Waals surface area contributed by atoms with Crippen LogP contribution in [0.5, 0.6) is 11.5 Å². The molecular formula is C28H36ClN3O6. The van der Waals surface area contributed by atoms with E-state index in [1.165, 1.54) is 4.90 Å². The number of aryl methyl sites for hydroxylation is 2. The lowest BCUT2D eigenvalue weighted by Gasteiger charge is -2.39. The Balaban J connectivity index is 1.54. The van der Waals surface area contributed by atoms with Gasteiger partial charge >= 0.3 is 6.09 Å². The summed E-state index contributed by atoms with van der Waals surface area (Å²) in [5.41, 5.74) is 1.69. The highest BCUT2D eigenvalue weighted by Gasteiger charge is 2.48. The molecule has 0 radical (unpaired) electrons. The van der Waals surface area contributed by atoms with E-state index in [4.69, 9.17) is 25.8 Å². The standard InChI is InChI=1S/C28H36ClN3O6/c1-15-13-16(2)30-24(33)21(15)31(8)25(34)19-14-20(29)23-22(17(19)3)36-28(7,37-23)18-9-11-32(12-10-18)26(35)38-27(4,5)6/h13-14,18H,9-12H2,1-8H3,(H,30,33)/t28-/m1/s1. The lowest BCUT2D eigenvalue weighted by atomic mass is 9.89. The largest absolute Gasteiger partial charge is 0.448 e. The SMILES string of the molecule is Cc1cc(C)c(N(C)C(=O)c2cc(Cl)c3c(c2C)O[C@@](C)(C2CCN(C(=O)OC(C)(C)C)CC2)O3)c(=O)[nH]1. The van der Waals surface area contributed by atoms with Crippen molar-refractivity contribution in [3.05, 3.63) is 49.9 Å². The first-order valence-corrected chi connectivity index (χ1v) is 13.2. The smallest absolute Gasteiger partial charge is 0.410 e. The number of nitrogens with one attached hydrogen (secondary N) is 1. The van der Waals surface area contributed by atoms with E-state index in [9.17, 15) is 14.4 Å². The number of hydrogen-bond donors (Lipinski definition) is 1. The first-order chi connectivity index (χ1) is 17.6. The topological polar surface area (TPSA) is 101 Å². The van der Waals surface area contributed by atoms with Crippen LogP contribution in [0.2, 0.25) is 5.02 Å². The summed E-state index contributed by atoms with van der Waals surface area (Å²) in [7, 11) is 1.57. The maximum Gasteiger partial charge on any atom is 0.410 e. The first kappa shape index (κ1) is 27.8. The molecule has 0 aliphatic carbocycles. The van der Waals surface area contributed by atoms with Crippen LogP contribution < -0.4 is 19.9 Å². The number of pyridine rings is 1. The summed E-state index contributed by atoms with van der Waals surface area (Å²) in [5.74, 6) is -0.590. The van der Waals surface area contributed by atoms with Crippen LogP contribution in [0, 0.1) is 26.7 Å². The molecule has 9 nitrogen and oxygen atoms in total. The molecular weight excluding hydrogens is 510 g/mol. The Morgan fingerprint density at radius 1 is 1.13 bits per heavy atom. The van der Waals surface area contributed by atoms with E-state index in [-0.39, 0.29) is 34.2 Å². The lowest BCUT2D eigenvalue weighted by Crippen LogP contribution is -2.50. The fraction of sp³-hybridized carbons (Fsp3) is 0.536. The molecule has 1 aromatic heterocycles. The molecule has 1 atom stereocenters. The van der Waals surface area contributed by atoms with Crippen molar-refractivity contribution < 1.29 is 23.8 Å². The van der Waals surface area contributed by atoms with Crippen molar-refractivity contribution in [1.82, 2.24) is 9.88 Å². The Bertz CT molecular complexity index is 1340. The summed E-state index contributed by atoms with van der Waals surface area (Å²) in [6, 6.07) is 3.38. The summed E-state index contributed by atoms with van der Waals surface area (Å²) >= 11 is 6.60. The number of halogens is 1. The fourth-order valence-electron chi connectivity index (χ4n) is 5.19. The van der Waals surface area contributed by atoms with E-state index < -0.39 is 11.4 Å². The third-order valence-corrected chi connectivity index (χ3v) is 7.42. The lowest BCUT2D eigenvalue weighted by molar-refractivity contribution is -0.124. The van der Waals surface area contributed by atoms with Crippen molar-refractivity contribution in [3.63, 3.8) is 0 Å². The van der Waals surface area contributed by atoms with Gasteiger partial charge in [0.15, 0.2) is 11.5 Å². The molecule has 4 rings (SSSR count). The summed E-state index contributed by atoms with van der Waals surface area (Å²) in [4.78, 5) is 44.4. The number of carbonyl (C=O) groups excluding carboxylic acids is 2. The second-order valence-corrected chi connectivity index (χ2v) is 11.7. The highest BCUT2D eigenvalue weighted by atomic mass is 35.5. The van der Waals surface area contributed by atoms with Gasteiger partial charge in [0.05, 0.1) is 5.02 Å². The molecule has 2 aliphatic rings. The van der Waals surface area contributed by atoms with E-state index in [2.05, 4.69) is 4.98 Å². The molecule has 1 saturated heterocycles. The van der Waals surface area contributed by atoms with Crippen LogP contribution in [-0.2, 0) is 4.74 Å². The van der Waals surface area contributed by atoms with Crippen molar-refractivity contribution in [1.29, 1.82) is 0 Å². The molecule has 38 heavy (non-hydrogen) atoms. The summed E-state index contributed by atoms with van der Waals surface area (Å²) < 4.78 is 18.2. The van der Waals surface area contributed by atoms with Gasteiger partial charge in [-0.25, -0.2) is 4.79 Å². The number of nitrogens with zero attached hydrogens (tertiary/aromatic N) is 2. The number of aromatic nitrogens is 1. The molecule has 2 amide bonds. The molecule has 0 bridgehead atoms. The van der Waals surface area contributed by atoms with Gasteiger partial charge in [-0.2, -0.15) is 0 Å². The second-order valence-electron chi connectivity index (χ2n) is 11.3. The zero-order valence-corrected chi connectivity index (χ0v) is 24.0. The van der Waals surface area contributed by atoms with Crippen molar-refractivity contribution >= 4 is 29.3 Å². The molecule has 0 saturated carbocycles. The highest BCUT2D eigenvalue weighted by Crippen LogP contribution is 2.51. The zero-order valence-electron chi connectivity index (χ0n) is 23.3. The Hall–Kier alpha value is -3.20. The van der Waals surface area contributed by atoms with Gasteiger partial charge in [0.25, 0.3) is 17.3 Å². The van der Waals surface area contributed by atoms with Crippen LogP contribution in [0.4, 0.5) is 10.5 Å². The predicted molar refractivity (Wildman–Crippen MR) is 146 cm³/mol. The minimum atomic E-state index is -1.00. The van der Waals surface area contributed by atoms with E-state index in [1.54, 1.807) is 38.8 Å². The Morgan fingerprint density at radius 3 is 2.32 bits per heavy atom. The number of amides is 2. The van der Waals surface area contributed by atoms with Gasteiger partial charge in [0.1, 0.15) is 11.3 Å². The zero-order chi connectivity index (χ0) is 28.2. The van der Waals surface area contributed by atoms with E-state index in [1.807, 2.05) is 33.8 Å². The van der Waals surface area contributed by atoms with Crippen LogP contribution in [0.15, 0.2) is 16.9 Å². The van der Waals surface area contributed by atoms with Gasteiger partial charge in [-0.15, -0.1) is 0 Å². The molecule has 3 heterocycles. The highest BCUT2D eigenvalue weighted by molar-refractivity contribution is 6.33. The van der Waals surface area contributed by atoms with E-state index in [0.29, 0.717) is 54.1 Å². The minimum absolute atomic E-state index is 0.0142. The van der Waals surface area contributed by atoms with Crippen LogP contribution in [0.1, 0.15) is 67.7 Å². The van der Waals surface area contributed by atoms with Gasteiger partial charge < -0.3 is 29.0 Å². The van der Waals surface area contributed by atoms with Crippen molar-refractivity contribution in [2.45, 2.75) is 72.7 Å². The third kappa shape index (κ3) is 5.21. The predicted octanol–water partition coefficient (Wildman–Crippen LogP) is 5.36. The molecule has 1 fully saturated rings. The van der Waals surface area contributed by atoms with Crippen LogP contribution in [0.25, 0.3) is 0 Å². The molecule has 0 unspecified atom stereocenters. The number of aromatic amines is 1. The van der Waals surface area contributed by atoms with E-state index >= 15 is 0 Å². The summed E-state index contributed by atoms with van der Waals surface area (Å²) in [6.07, 6.45) is 0.987. The number of carbonyl (C=O) groups is 2. The quantitative estimate of drug-likeness (QED) is 0.557. The summed E-state index contributed by atoms with van der Waals surface area (Å²) in [5, 5.41) is 0.256. The van der Waals surface area contributed by atoms with E-state index in [0.717, 1.165) is 5.69 Å². The van der Waals surface area contributed by atoms with Gasteiger partial charge in [-0.1, -0.05) is 11.6 Å². The molecule has 206 valence electrons. The van der Waals surface area contributed by atoms with Gasteiger partial charge in [-0.3, -0.25) is 9.59 Å². The number of benzene rings is 1. The maximum atomic E-state index is 13.5. The Labute approximate surface area is 228 Å².